The fourth-order valence-corrected chi connectivity index (χ4v) is 2.89. The van der Waals surface area contributed by atoms with E-state index in [0.29, 0.717) is 5.92 Å². The molecule has 100 valence electrons. The second-order valence-corrected chi connectivity index (χ2v) is 5.39. The Hall–Kier alpha value is -1.12. The van der Waals surface area contributed by atoms with Crippen LogP contribution in [0.15, 0.2) is 6.07 Å². The predicted molar refractivity (Wildman–Crippen MR) is 75.9 cm³/mol. The highest BCUT2D eigenvalue weighted by Crippen LogP contribution is 2.38. The van der Waals surface area contributed by atoms with Crippen LogP contribution in [0.5, 0.6) is 0 Å². The summed E-state index contributed by atoms with van der Waals surface area (Å²) < 4.78 is 0. The molecule has 2 atom stereocenters. The maximum Gasteiger partial charge on any atom is 0.134 e. The number of rotatable bonds is 5. The maximum absolute atomic E-state index is 4.77. The summed E-state index contributed by atoms with van der Waals surface area (Å²) in [5.74, 6) is 3.51. The zero-order valence-corrected chi connectivity index (χ0v) is 11.9. The second-order valence-electron chi connectivity index (χ2n) is 5.39. The third kappa shape index (κ3) is 3.01. The molecule has 1 saturated carbocycles. The van der Waals surface area contributed by atoms with E-state index in [-0.39, 0.29) is 0 Å². The molecule has 18 heavy (non-hydrogen) atoms. The molecule has 0 aromatic carbocycles. The van der Waals surface area contributed by atoms with Gasteiger partial charge in [-0.2, -0.15) is 0 Å². The van der Waals surface area contributed by atoms with Crippen LogP contribution in [0.25, 0.3) is 0 Å². The molecule has 0 saturated heterocycles. The number of anilines is 1. The van der Waals surface area contributed by atoms with E-state index < -0.39 is 0 Å². The first-order valence-corrected chi connectivity index (χ1v) is 7.32. The molecule has 2 unspecified atom stereocenters. The van der Waals surface area contributed by atoms with E-state index in [4.69, 9.17) is 4.98 Å². The zero-order valence-electron chi connectivity index (χ0n) is 11.9. The Morgan fingerprint density at radius 1 is 1.28 bits per heavy atom. The van der Waals surface area contributed by atoms with Gasteiger partial charge in [0.25, 0.3) is 0 Å². The van der Waals surface area contributed by atoms with Gasteiger partial charge in [0.05, 0.1) is 0 Å². The standard InChI is InChI=1S/C15H25N3/c1-4-6-13-10-14(16-3)18-15(17-13)12-8-7-11(5-2)9-12/h10-12H,4-9H2,1-3H3,(H,16,17,18). The van der Waals surface area contributed by atoms with Gasteiger partial charge in [-0.05, 0) is 31.6 Å². The molecule has 1 aromatic heterocycles. The summed E-state index contributed by atoms with van der Waals surface area (Å²) in [7, 11) is 1.94. The summed E-state index contributed by atoms with van der Waals surface area (Å²) in [4.78, 5) is 9.43. The molecular formula is C15H25N3. The van der Waals surface area contributed by atoms with E-state index in [1.807, 2.05) is 7.05 Å². The van der Waals surface area contributed by atoms with Gasteiger partial charge in [0.15, 0.2) is 0 Å². The van der Waals surface area contributed by atoms with E-state index in [2.05, 4.69) is 30.2 Å². The molecule has 3 heteroatoms. The second kappa shape index (κ2) is 6.17. The van der Waals surface area contributed by atoms with Gasteiger partial charge in [-0.3, -0.25) is 0 Å². The van der Waals surface area contributed by atoms with Gasteiger partial charge in [-0.15, -0.1) is 0 Å². The van der Waals surface area contributed by atoms with Crippen LogP contribution in [0.1, 0.15) is 63.4 Å². The summed E-state index contributed by atoms with van der Waals surface area (Å²) in [6.07, 6.45) is 7.36. The lowest BCUT2D eigenvalue weighted by Crippen LogP contribution is -2.07. The zero-order chi connectivity index (χ0) is 13.0. The van der Waals surface area contributed by atoms with Crippen molar-refractivity contribution in [2.24, 2.45) is 5.92 Å². The van der Waals surface area contributed by atoms with Crippen molar-refractivity contribution in [3.63, 3.8) is 0 Å². The van der Waals surface area contributed by atoms with E-state index in [0.717, 1.165) is 30.4 Å². The number of hydrogen-bond donors (Lipinski definition) is 1. The third-order valence-electron chi connectivity index (χ3n) is 4.04. The van der Waals surface area contributed by atoms with Crippen LogP contribution >= 0.6 is 0 Å². The minimum Gasteiger partial charge on any atom is -0.373 e. The topological polar surface area (TPSA) is 37.8 Å². The van der Waals surface area contributed by atoms with Crippen LogP contribution < -0.4 is 5.32 Å². The van der Waals surface area contributed by atoms with Crippen molar-refractivity contribution in [2.75, 3.05) is 12.4 Å². The van der Waals surface area contributed by atoms with Gasteiger partial charge < -0.3 is 5.32 Å². The fraction of sp³-hybridized carbons (Fsp3) is 0.733. The van der Waals surface area contributed by atoms with Gasteiger partial charge in [0.2, 0.25) is 0 Å². The van der Waals surface area contributed by atoms with Gasteiger partial charge >= 0.3 is 0 Å². The molecule has 0 amide bonds. The number of aromatic nitrogens is 2. The summed E-state index contributed by atoms with van der Waals surface area (Å²) >= 11 is 0. The molecular weight excluding hydrogens is 222 g/mol. The van der Waals surface area contributed by atoms with Crippen LogP contribution in [0.4, 0.5) is 5.82 Å². The normalized spacial score (nSPS) is 23.3. The molecule has 1 fully saturated rings. The number of nitrogens with zero attached hydrogens (tertiary/aromatic N) is 2. The van der Waals surface area contributed by atoms with Crippen molar-refractivity contribution in [3.8, 4) is 0 Å². The van der Waals surface area contributed by atoms with Gasteiger partial charge in [0, 0.05) is 24.7 Å². The van der Waals surface area contributed by atoms with Gasteiger partial charge in [-0.1, -0.05) is 26.7 Å². The summed E-state index contributed by atoms with van der Waals surface area (Å²) in [5.41, 5.74) is 1.19. The lowest BCUT2D eigenvalue weighted by atomic mass is 10.0. The lowest BCUT2D eigenvalue weighted by Gasteiger charge is -2.12. The van der Waals surface area contributed by atoms with E-state index in [1.54, 1.807) is 0 Å². The Labute approximate surface area is 110 Å². The van der Waals surface area contributed by atoms with Gasteiger partial charge in [-0.25, -0.2) is 9.97 Å². The number of hydrogen-bond acceptors (Lipinski definition) is 3. The minimum absolute atomic E-state index is 0.582. The minimum atomic E-state index is 0.582. The van der Waals surface area contributed by atoms with Gasteiger partial charge in [0.1, 0.15) is 11.6 Å². The quantitative estimate of drug-likeness (QED) is 0.860. The Morgan fingerprint density at radius 3 is 2.72 bits per heavy atom. The monoisotopic (exact) mass is 247 g/mol. The first-order chi connectivity index (χ1) is 8.76. The summed E-state index contributed by atoms with van der Waals surface area (Å²) in [6.45, 7) is 4.49. The molecule has 1 aliphatic rings. The molecule has 1 aromatic rings. The van der Waals surface area contributed by atoms with Crippen LogP contribution in [0.2, 0.25) is 0 Å². The highest BCUT2D eigenvalue weighted by atomic mass is 15.0. The summed E-state index contributed by atoms with van der Waals surface area (Å²) in [5, 5.41) is 3.16. The highest BCUT2D eigenvalue weighted by molar-refractivity contribution is 5.35. The molecule has 2 rings (SSSR count). The summed E-state index contributed by atoms with van der Waals surface area (Å²) in [6, 6.07) is 2.08. The molecule has 3 nitrogen and oxygen atoms in total. The van der Waals surface area contributed by atoms with E-state index in [9.17, 15) is 0 Å². The maximum atomic E-state index is 4.77. The van der Waals surface area contributed by atoms with Crippen molar-refractivity contribution in [1.82, 2.24) is 9.97 Å². The Balaban J connectivity index is 2.18. The third-order valence-corrected chi connectivity index (χ3v) is 4.04. The smallest absolute Gasteiger partial charge is 0.134 e. The average molecular weight is 247 g/mol. The van der Waals surface area contributed by atoms with Crippen LogP contribution in [-0.2, 0) is 6.42 Å². The molecule has 0 bridgehead atoms. The van der Waals surface area contributed by atoms with Crippen LogP contribution in [0, 0.1) is 5.92 Å². The Kier molecular flexibility index (Phi) is 4.56. The molecule has 0 spiro atoms. The molecule has 1 heterocycles. The average Bonchev–Trinajstić information content (AvgIpc) is 2.87. The van der Waals surface area contributed by atoms with Crippen LogP contribution in [-0.4, -0.2) is 17.0 Å². The van der Waals surface area contributed by atoms with Crippen LogP contribution in [0.3, 0.4) is 0 Å². The van der Waals surface area contributed by atoms with Crippen molar-refractivity contribution in [3.05, 3.63) is 17.6 Å². The largest absolute Gasteiger partial charge is 0.373 e. The van der Waals surface area contributed by atoms with Crippen molar-refractivity contribution in [2.45, 2.75) is 58.3 Å². The SMILES string of the molecule is CCCc1cc(NC)nc(C2CCC(CC)C2)n1. The predicted octanol–water partition coefficient (Wildman–Crippen LogP) is 3.76. The number of nitrogens with one attached hydrogen (secondary N) is 1. The van der Waals surface area contributed by atoms with Crippen molar-refractivity contribution < 1.29 is 0 Å². The first kappa shape index (κ1) is 13.3. The molecule has 1 aliphatic carbocycles. The Morgan fingerprint density at radius 2 is 2.11 bits per heavy atom. The van der Waals surface area contributed by atoms with Crippen molar-refractivity contribution >= 4 is 5.82 Å². The van der Waals surface area contributed by atoms with E-state index >= 15 is 0 Å². The van der Waals surface area contributed by atoms with E-state index in [1.165, 1.54) is 31.4 Å². The first-order valence-electron chi connectivity index (χ1n) is 7.32. The molecule has 0 radical (unpaired) electrons. The molecule has 1 N–H and O–H groups in total. The Bertz CT molecular complexity index is 389. The number of aryl methyl sites for hydroxylation is 1. The van der Waals surface area contributed by atoms with Crippen molar-refractivity contribution in [1.29, 1.82) is 0 Å². The molecule has 0 aliphatic heterocycles. The highest BCUT2D eigenvalue weighted by Gasteiger charge is 2.27. The lowest BCUT2D eigenvalue weighted by molar-refractivity contribution is 0.516. The fourth-order valence-electron chi connectivity index (χ4n) is 2.89.